The zero-order chi connectivity index (χ0) is 16.0. The lowest BCUT2D eigenvalue weighted by molar-refractivity contribution is 0.379. The molecule has 0 spiro atoms. The second-order valence-corrected chi connectivity index (χ2v) is 7.39. The van der Waals surface area contributed by atoms with Crippen LogP contribution in [0.4, 0.5) is 0 Å². The topological polar surface area (TPSA) is 66.4 Å². The van der Waals surface area contributed by atoms with E-state index >= 15 is 0 Å². The number of nitrogens with one attached hydrogen (secondary N) is 2. The highest BCUT2D eigenvalue weighted by molar-refractivity contribution is 7.89. The number of rotatable bonds is 9. The van der Waals surface area contributed by atoms with Crippen LogP contribution in [0, 0.1) is 0 Å². The second-order valence-electron chi connectivity index (χ2n) is 5.67. The summed E-state index contributed by atoms with van der Waals surface area (Å²) < 4.78 is 29.3. The molecule has 21 heavy (non-hydrogen) atoms. The lowest BCUT2D eigenvalue weighted by Crippen LogP contribution is -2.34. The molecule has 0 aliphatic rings. The number of aryl methyl sites for hydroxylation is 1. The van der Waals surface area contributed by atoms with Crippen molar-refractivity contribution in [1.82, 2.24) is 19.5 Å². The molecular weight excluding hydrogens is 288 g/mol. The summed E-state index contributed by atoms with van der Waals surface area (Å²) in [6, 6.07) is 1.64. The fourth-order valence-electron chi connectivity index (χ4n) is 2.00. The van der Waals surface area contributed by atoms with Gasteiger partial charge < -0.3 is 14.8 Å². The summed E-state index contributed by atoms with van der Waals surface area (Å²) in [5, 5.41) is 3.20. The molecule has 0 aromatic carbocycles. The van der Waals surface area contributed by atoms with Crippen LogP contribution in [0.5, 0.6) is 0 Å². The van der Waals surface area contributed by atoms with E-state index in [9.17, 15) is 8.42 Å². The quantitative estimate of drug-likeness (QED) is 0.706. The summed E-state index contributed by atoms with van der Waals surface area (Å²) >= 11 is 0. The van der Waals surface area contributed by atoms with Gasteiger partial charge in [0.25, 0.3) is 0 Å². The third-order valence-corrected chi connectivity index (χ3v) is 4.87. The molecule has 1 aromatic heterocycles. The first-order valence-corrected chi connectivity index (χ1v) is 8.77. The number of aromatic nitrogens is 1. The van der Waals surface area contributed by atoms with Crippen LogP contribution in [0.25, 0.3) is 0 Å². The van der Waals surface area contributed by atoms with Gasteiger partial charge in [-0.2, -0.15) is 0 Å². The molecule has 1 heterocycles. The standard InChI is InChI=1S/C14H28N4O2S/c1-6-15-10-13-9-14(11-18(13)5)21(19,20)16-12(2)7-8-17(3)4/h9,11-12,15-16H,6-8,10H2,1-5H3. The SMILES string of the molecule is CCNCc1cc(S(=O)(=O)NC(C)CCN(C)C)cn1C. The number of hydrogen-bond donors (Lipinski definition) is 2. The van der Waals surface area contributed by atoms with E-state index in [2.05, 4.69) is 10.0 Å². The van der Waals surface area contributed by atoms with Crippen molar-refractivity contribution in [2.24, 2.45) is 7.05 Å². The van der Waals surface area contributed by atoms with Gasteiger partial charge in [-0.25, -0.2) is 13.1 Å². The monoisotopic (exact) mass is 316 g/mol. The van der Waals surface area contributed by atoms with Gasteiger partial charge in [0.05, 0.1) is 4.90 Å². The summed E-state index contributed by atoms with van der Waals surface area (Å²) in [5.41, 5.74) is 0.957. The van der Waals surface area contributed by atoms with E-state index in [4.69, 9.17) is 0 Å². The smallest absolute Gasteiger partial charge is 0.242 e. The summed E-state index contributed by atoms with van der Waals surface area (Å²) in [5.74, 6) is 0. The minimum atomic E-state index is -3.45. The van der Waals surface area contributed by atoms with Crippen LogP contribution in [0.1, 0.15) is 26.0 Å². The molecular formula is C14H28N4O2S. The molecule has 2 N–H and O–H groups in total. The van der Waals surface area contributed by atoms with Crippen LogP contribution < -0.4 is 10.0 Å². The molecule has 0 bridgehead atoms. The maximum atomic E-state index is 12.4. The van der Waals surface area contributed by atoms with Crippen LogP contribution in [-0.4, -0.2) is 51.1 Å². The number of sulfonamides is 1. The van der Waals surface area contributed by atoms with Gasteiger partial charge in [0.2, 0.25) is 10.0 Å². The minimum Gasteiger partial charge on any atom is -0.352 e. The summed E-state index contributed by atoms with van der Waals surface area (Å²) in [6.45, 7) is 6.29. The molecule has 6 nitrogen and oxygen atoms in total. The average Bonchev–Trinajstić information content (AvgIpc) is 2.76. The van der Waals surface area contributed by atoms with Gasteiger partial charge in [0, 0.05) is 31.5 Å². The Balaban J connectivity index is 2.74. The third-order valence-electron chi connectivity index (χ3n) is 3.31. The molecule has 0 radical (unpaired) electrons. The minimum absolute atomic E-state index is 0.0881. The highest BCUT2D eigenvalue weighted by atomic mass is 32.2. The van der Waals surface area contributed by atoms with Gasteiger partial charge in [-0.05, 0) is 46.6 Å². The van der Waals surface area contributed by atoms with E-state index < -0.39 is 10.0 Å². The molecule has 1 aromatic rings. The Morgan fingerprint density at radius 1 is 1.38 bits per heavy atom. The zero-order valence-corrected chi connectivity index (χ0v) is 14.5. The average molecular weight is 316 g/mol. The van der Waals surface area contributed by atoms with Crippen molar-refractivity contribution >= 4 is 10.0 Å². The maximum absolute atomic E-state index is 12.4. The molecule has 1 unspecified atom stereocenters. The maximum Gasteiger partial charge on any atom is 0.242 e. The number of hydrogen-bond acceptors (Lipinski definition) is 4. The Kier molecular flexibility index (Phi) is 6.86. The van der Waals surface area contributed by atoms with Crippen molar-refractivity contribution in [3.63, 3.8) is 0 Å². The lowest BCUT2D eigenvalue weighted by atomic mass is 10.2. The van der Waals surface area contributed by atoms with Gasteiger partial charge in [0.1, 0.15) is 0 Å². The summed E-state index contributed by atoms with van der Waals surface area (Å²) in [6.07, 6.45) is 2.44. The molecule has 0 fully saturated rings. The van der Waals surface area contributed by atoms with Crippen LogP contribution in [0.15, 0.2) is 17.2 Å². The Morgan fingerprint density at radius 2 is 2.05 bits per heavy atom. The largest absolute Gasteiger partial charge is 0.352 e. The predicted molar refractivity (Wildman–Crippen MR) is 85.7 cm³/mol. The van der Waals surface area contributed by atoms with Crippen molar-refractivity contribution < 1.29 is 8.42 Å². The predicted octanol–water partition coefficient (Wildman–Crippen LogP) is 0.753. The summed E-state index contributed by atoms with van der Waals surface area (Å²) in [4.78, 5) is 2.37. The first-order chi connectivity index (χ1) is 9.76. The normalized spacial score (nSPS) is 13.8. The van der Waals surface area contributed by atoms with Crippen molar-refractivity contribution in [2.75, 3.05) is 27.2 Å². The Morgan fingerprint density at radius 3 is 2.62 bits per heavy atom. The second kappa shape index (κ2) is 7.93. The highest BCUT2D eigenvalue weighted by Crippen LogP contribution is 2.14. The molecule has 0 saturated carbocycles. The van der Waals surface area contributed by atoms with E-state index in [0.29, 0.717) is 11.4 Å². The van der Waals surface area contributed by atoms with E-state index in [0.717, 1.165) is 25.2 Å². The van der Waals surface area contributed by atoms with Crippen molar-refractivity contribution in [3.8, 4) is 0 Å². The van der Waals surface area contributed by atoms with Gasteiger partial charge >= 0.3 is 0 Å². The van der Waals surface area contributed by atoms with Crippen molar-refractivity contribution in [1.29, 1.82) is 0 Å². The van der Waals surface area contributed by atoms with Crippen LogP contribution in [0.3, 0.4) is 0 Å². The van der Waals surface area contributed by atoms with Crippen LogP contribution >= 0.6 is 0 Å². The zero-order valence-electron chi connectivity index (χ0n) is 13.7. The Hall–Kier alpha value is -0.890. The molecule has 122 valence electrons. The third kappa shape index (κ3) is 5.78. The van der Waals surface area contributed by atoms with Crippen LogP contribution in [0.2, 0.25) is 0 Å². The van der Waals surface area contributed by atoms with E-state index in [1.165, 1.54) is 0 Å². The first kappa shape index (κ1) is 18.2. The van der Waals surface area contributed by atoms with E-state index in [1.54, 1.807) is 12.3 Å². The molecule has 1 rings (SSSR count). The molecule has 7 heteroatoms. The van der Waals surface area contributed by atoms with Gasteiger partial charge in [-0.3, -0.25) is 0 Å². The highest BCUT2D eigenvalue weighted by Gasteiger charge is 2.19. The number of nitrogens with zero attached hydrogens (tertiary/aromatic N) is 2. The van der Waals surface area contributed by atoms with Gasteiger partial charge in [-0.15, -0.1) is 0 Å². The molecule has 0 aliphatic carbocycles. The van der Waals surface area contributed by atoms with Crippen molar-refractivity contribution in [3.05, 3.63) is 18.0 Å². The molecule has 0 aliphatic heterocycles. The van der Waals surface area contributed by atoms with Gasteiger partial charge in [0.15, 0.2) is 0 Å². The fourth-order valence-corrected chi connectivity index (χ4v) is 3.37. The molecule has 0 saturated heterocycles. The first-order valence-electron chi connectivity index (χ1n) is 7.29. The summed E-state index contributed by atoms with van der Waals surface area (Å²) in [7, 11) is 2.37. The van der Waals surface area contributed by atoms with Crippen LogP contribution in [-0.2, 0) is 23.6 Å². The molecule has 0 amide bonds. The van der Waals surface area contributed by atoms with Crippen molar-refractivity contribution in [2.45, 2.75) is 37.8 Å². The molecule has 1 atom stereocenters. The fraction of sp³-hybridized carbons (Fsp3) is 0.714. The van der Waals surface area contributed by atoms with E-state index in [1.807, 2.05) is 44.5 Å². The Labute approximate surface area is 128 Å². The Bertz CT molecular complexity index is 537. The lowest BCUT2D eigenvalue weighted by Gasteiger charge is -2.16. The van der Waals surface area contributed by atoms with E-state index in [-0.39, 0.29) is 6.04 Å². The van der Waals surface area contributed by atoms with Gasteiger partial charge in [-0.1, -0.05) is 6.92 Å².